The number of halogens is 1. The molecule has 0 bridgehead atoms. The van der Waals surface area contributed by atoms with Crippen LogP contribution in [0.1, 0.15) is 18.4 Å². The molecule has 7 heteroatoms. The Kier molecular flexibility index (Phi) is 7.17. The number of amides is 2. The lowest BCUT2D eigenvalue weighted by molar-refractivity contribution is -0.147. The topological polar surface area (TPSA) is 84.5 Å². The number of esters is 1. The van der Waals surface area contributed by atoms with Crippen molar-refractivity contribution in [3.63, 3.8) is 0 Å². The third kappa shape index (κ3) is 6.94. The zero-order valence-corrected chi connectivity index (χ0v) is 15.0. The van der Waals surface area contributed by atoms with E-state index in [4.69, 9.17) is 16.3 Å². The van der Waals surface area contributed by atoms with Gasteiger partial charge in [-0.3, -0.25) is 14.4 Å². The van der Waals surface area contributed by atoms with E-state index in [1.165, 1.54) is 0 Å². The third-order valence-corrected chi connectivity index (χ3v) is 3.60. The standard InChI is InChI=1S/C19H19ClN2O4/c1-13-3-2-4-16(11-13)22-17(23)9-10-19(25)26-12-18(24)21-15-7-5-14(20)6-8-15/h2-8,11H,9-10,12H2,1H3,(H,21,24)(H,22,23). The molecule has 0 saturated heterocycles. The van der Waals surface area contributed by atoms with E-state index in [-0.39, 0.29) is 18.7 Å². The number of rotatable bonds is 7. The predicted molar refractivity (Wildman–Crippen MR) is 100 cm³/mol. The molecule has 2 rings (SSSR count). The summed E-state index contributed by atoms with van der Waals surface area (Å²) in [5, 5.41) is 5.83. The van der Waals surface area contributed by atoms with Crippen molar-refractivity contribution in [2.24, 2.45) is 0 Å². The monoisotopic (exact) mass is 374 g/mol. The molecular weight excluding hydrogens is 356 g/mol. The van der Waals surface area contributed by atoms with Gasteiger partial charge in [-0.1, -0.05) is 23.7 Å². The number of carbonyl (C=O) groups excluding carboxylic acids is 3. The van der Waals surface area contributed by atoms with Crippen molar-refractivity contribution >= 4 is 40.8 Å². The van der Waals surface area contributed by atoms with E-state index in [2.05, 4.69) is 10.6 Å². The fourth-order valence-electron chi connectivity index (χ4n) is 2.11. The highest BCUT2D eigenvalue weighted by molar-refractivity contribution is 6.30. The van der Waals surface area contributed by atoms with Gasteiger partial charge in [-0.25, -0.2) is 0 Å². The first-order chi connectivity index (χ1) is 12.4. The van der Waals surface area contributed by atoms with E-state index >= 15 is 0 Å². The molecule has 0 aliphatic heterocycles. The van der Waals surface area contributed by atoms with Crippen LogP contribution in [0.15, 0.2) is 48.5 Å². The molecule has 0 aliphatic rings. The number of anilines is 2. The van der Waals surface area contributed by atoms with E-state index in [1.54, 1.807) is 30.3 Å². The fraction of sp³-hybridized carbons (Fsp3) is 0.211. The van der Waals surface area contributed by atoms with Crippen LogP contribution in [-0.2, 0) is 19.1 Å². The lowest BCUT2D eigenvalue weighted by atomic mass is 10.2. The van der Waals surface area contributed by atoms with Crippen LogP contribution in [0.25, 0.3) is 0 Å². The van der Waals surface area contributed by atoms with Crippen LogP contribution in [0.2, 0.25) is 5.02 Å². The summed E-state index contributed by atoms with van der Waals surface area (Å²) in [5.74, 6) is -1.38. The molecular formula is C19H19ClN2O4. The molecule has 0 atom stereocenters. The molecule has 0 saturated carbocycles. The van der Waals surface area contributed by atoms with E-state index < -0.39 is 18.5 Å². The van der Waals surface area contributed by atoms with Crippen molar-refractivity contribution in [1.82, 2.24) is 0 Å². The lowest BCUT2D eigenvalue weighted by Gasteiger charge is -2.07. The second-order valence-electron chi connectivity index (χ2n) is 5.63. The van der Waals surface area contributed by atoms with Crippen molar-refractivity contribution in [2.75, 3.05) is 17.2 Å². The molecule has 26 heavy (non-hydrogen) atoms. The molecule has 6 nitrogen and oxygen atoms in total. The first kappa shape index (κ1) is 19.5. The summed E-state index contributed by atoms with van der Waals surface area (Å²) in [6.45, 7) is 1.50. The molecule has 136 valence electrons. The smallest absolute Gasteiger partial charge is 0.306 e. The van der Waals surface area contributed by atoms with Crippen LogP contribution < -0.4 is 10.6 Å². The Bertz CT molecular complexity index is 790. The summed E-state index contributed by atoms with van der Waals surface area (Å²) in [4.78, 5) is 35.2. The molecule has 0 spiro atoms. The van der Waals surface area contributed by atoms with Crippen LogP contribution in [0, 0.1) is 6.92 Å². The summed E-state index contributed by atoms with van der Waals surface area (Å²) in [6, 6.07) is 13.9. The van der Waals surface area contributed by atoms with Gasteiger partial charge in [-0.15, -0.1) is 0 Å². The molecule has 0 radical (unpaired) electrons. The van der Waals surface area contributed by atoms with Crippen molar-refractivity contribution in [2.45, 2.75) is 19.8 Å². The number of benzene rings is 2. The van der Waals surface area contributed by atoms with E-state index in [9.17, 15) is 14.4 Å². The first-order valence-corrected chi connectivity index (χ1v) is 8.38. The molecule has 0 heterocycles. The van der Waals surface area contributed by atoms with E-state index in [0.717, 1.165) is 5.56 Å². The minimum Gasteiger partial charge on any atom is -0.456 e. The van der Waals surface area contributed by atoms with E-state index in [0.29, 0.717) is 16.4 Å². The Balaban J connectivity index is 1.67. The second kappa shape index (κ2) is 9.58. The van der Waals surface area contributed by atoms with Crippen molar-refractivity contribution in [3.05, 3.63) is 59.1 Å². The molecule has 2 aromatic rings. The van der Waals surface area contributed by atoms with Crippen LogP contribution in [0.4, 0.5) is 11.4 Å². The van der Waals surface area contributed by atoms with Gasteiger partial charge < -0.3 is 15.4 Å². The van der Waals surface area contributed by atoms with Crippen molar-refractivity contribution < 1.29 is 19.1 Å². The van der Waals surface area contributed by atoms with Crippen molar-refractivity contribution in [3.8, 4) is 0 Å². The fourth-order valence-corrected chi connectivity index (χ4v) is 2.24. The molecule has 2 amide bonds. The van der Waals surface area contributed by atoms with Gasteiger partial charge in [0.2, 0.25) is 5.91 Å². The maximum absolute atomic E-state index is 11.8. The second-order valence-corrected chi connectivity index (χ2v) is 6.07. The highest BCUT2D eigenvalue weighted by atomic mass is 35.5. The van der Waals surface area contributed by atoms with Gasteiger partial charge in [0.1, 0.15) is 0 Å². The van der Waals surface area contributed by atoms with Crippen LogP contribution in [0.3, 0.4) is 0 Å². The number of aryl methyl sites for hydroxylation is 1. The number of hydrogen-bond acceptors (Lipinski definition) is 4. The quantitative estimate of drug-likeness (QED) is 0.726. The SMILES string of the molecule is Cc1cccc(NC(=O)CCC(=O)OCC(=O)Nc2ccc(Cl)cc2)c1. The van der Waals surface area contributed by atoms with Gasteiger partial charge in [-0.2, -0.15) is 0 Å². The van der Waals surface area contributed by atoms with Gasteiger partial charge in [0.15, 0.2) is 6.61 Å². The highest BCUT2D eigenvalue weighted by Crippen LogP contribution is 2.13. The molecule has 0 aliphatic carbocycles. The largest absolute Gasteiger partial charge is 0.456 e. The minimum absolute atomic E-state index is 0.0222. The Morgan fingerprint density at radius 2 is 1.62 bits per heavy atom. The average molecular weight is 375 g/mol. The molecule has 0 fully saturated rings. The average Bonchev–Trinajstić information content (AvgIpc) is 2.60. The maximum Gasteiger partial charge on any atom is 0.306 e. The Labute approximate surface area is 156 Å². The van der Waals surface area contributed by atoms with Crippen LogP contribution in [-0.4, -0.2) is 24.4 Å². The number of ether oxygens (including phenoxy) is 1. The Morgan fingerprint density at radius 1 is 0.923 bits per heavy atom. The molecule has 0 aromatic heterocycles. The molecule has 2 N–H and O–H groups in total. The van der Waals surface area contributed by atoms with Gasteiger partial charge >= 0.3 is 5.97 Å². The zero-order chi connectivity index (χ0) is 18.9. The Hall–Kier alpha value is -2.86. The predicted octanol–water partition coefficient (Wildman–Crippen LogP) is 3.55. The van der Waals surface area contributed by atoms with Gasteiger partial charge in [0.05, 0.1) is 6.42 Å². The third-order valence-electron chi connectivity index (χ3n) is 3.35. The van der Waals surface area contributed by atoms with Gasteiger partial charge in [0, 0.05) is 22.8 Å². The summed E-state index contributed by atoms with van der Waals surface area (Å²) in [6.07, 6.45) is -0.128. The van der Waals surface area contributed by atoms with Gasteiger partial charge in [-0.05, 0) is 48.9 Å². The van der Waals surface area contributed by atoms with Gasteiger partial charge in [0.25, 0.3) is 5.91 Å². The maximum atomic E-state index is 11.8. The summed E-state index contributed by atoms with van der Waals surface area (Å²) in [5.41, 5.74) is 2.24. The van der Waals surface area contributed by atoms with Crippen LogP contribution >= 0.6 is 11.6 Å². The van der Waals surface area contributed by atoms with Crippen molar-refractivity contribution in [1.29, 1.82) is 0 Å². The van der Waals surface area contributed by atoms with Crippen LogP contribution in [0.5, 0.6) is 0 Å². The zero-order valence-electron chi connectivity index (χ0n) is 14.3. The highest BCUT2D eigenvalue weighted by Gasteiger charge is 2.11. The minimum atomic E-state index is -0.615. The summed E-state index contributed by atoms with van der Waals surface area (Å²) < 4.78 is 4.86. The number of nitrogens with one attached hydrogen (secondary N) is 2. The number of carbonyl (C=O) groups is 3. The molecule has 0 unspecified atom stereocenters. The first-order valence-electron chi connectivity index (χ1n) is 8.00. The normalized spacial score (nSPS) is 10.1. The lowest BCUT2D eigenvalue weighted by Crippen LogP contribution is -2.21. The molecule has 2 aromatic carbocycles. The summed E-state index contributed by atoms with van der Waals surface area (Å²) in [7, 11) is 0. The van der Waals surface area contributed by atoms with E-state index in [1.807, 2.05) is 25.1 Å². The summed E-state index contributed by atoms with van der Waals surface area (Å²) >= 11 is 5.76. The Morgan fingerprint density at radius 3 is 2.31 bits per heavy atom. The number of hydrogen-bond donors (Lipinski definition) is 2.